The van der Waals surface area contributed by atoms with Gasteiger partial charge in [0.2, 0.25) is 0 Å². The van der Waals surface area contributed by atoms with Crippen LogP contribution in [-0.2, 0) is 17.8 Å². The Bertz CT molecular complexity index is 547. The molecular formula is C12H9Cl3N2O2S. The minimum atomic E-state index is -1.74. The van der Waals surface area contributed by atoms with Crippen LogP contribution in [0.2, 0.25) is 0 Å². The zero-order chi connectivity index (χ0) is 14.5. The summed E-state index contributed by atoms with van der Waals surface area (Å²) in [5.41, 5.74) is 2.13. The van der Waals surface area contributed by atoms with Gasteiger partial charge in [-0.3, -0.25) is 4.79 Å². The van der Waals surface area contributed by atoms with Gasteiger partial charge in [-0.15, -0.1) is 0 Å². The summed E-state index contributed by atoms with van der Waals surface area (Å²) in [6.45, 7) is 0.405. The Morgan fingerprint density at radius 3 is 2.45 bits per heavy atom. The Hall–Kier alpha value is -0.620. The molecule has 1 atom stereocenters. The lowest BCUT2D eigenvalue weighted by Crippen LogP contribution is -2.39. The average Bonchev–Trinajstić information content (AvgIpc) is 2.60. The number of imide groups is 1. The zero-order valence-corrected chi connectivity index (χ0v) is 13.1. The number of urea groups is 1. The molecule has 106 valence electrons. The number of alkyl halides is 3. The van der Waals surface area contributed by atoms with Crippen LogP contribution < -0.4 is 0 Å². The molecule has 2 aliphatic rings. The van der Waals surface area contributed by atoms with Gasteiger partial charge in [-0.1, -0.05) is 59.1 Å². The van der Waals surface area contributed by atoms with E-state index in [-0.39, 0.29) is 5.91 Å². The second-order valence-corrected chi connectivity index (χ2v) is 8.68. The predicted octanol–water partition coefficient (Wildman–Crippen LogP) is 3.35. The molecule has 0 N–H and O–H groups in total. The third-order valence-electron chi connectivity index (χ3n) is 3.35. The SMILES string of the molecule is O=C1C2Cc3ccccc3CN2C(=O)N1SC(Cl)(Cl)Cl. The Balaban J connectivity index is 1.89. The monoisotopic (exact) mass is 350 g/mol. The Labute approximate surface area is 135 Å². The summed E-state index contributed by atoms with van der Waals surface area (Å²) in [5, 5.41) is 0. The Morgan fingerprint density at radius 1 is 1.15 bits per heavy atom. The van der Waals surface area contributed by atoms with Crippen molar-refractivity contribution in [3.05, 3.63) is 35.4 Å². The smallest absolute Gasteiger partial charge is 0.307 e. The lowest BCUT2D eigenvalue weighted by molar-refractivity contribution is -0.125. The molecule has 2 aliphatic heterocycles. The number of hydrogen-bond donors (Lipinski definition) is 0. The first-order valence-electron chi connectivity index (χ1n) is 5.84. The summed E-state index contributed by atoms with van der Waals surface area (Å²) in [7, 11) is 0. The average molecular weight is 352 g/mol. The maximum atomic E-state index is 12.3. The summed E-state index contributed by atoms with van der Waals surface area (Å²) in [4.78, 5) is 26.1. The molecule has 0 aliphatic carbocycles. The van der Waals surface area contributed by atoms with E-state index >= 15 is 0 Å². The maximum Gasteiger partial charge on any atom is 0.338 e. The molecule has 1 unspecified atom stereocenters. The summed E-state index contributed by atoms with van der Waals surface area (Å²) in [5.74, 6) is -0.333. The highest BCUT2D eigenvalue weighted by molar-refractivity contribution is 8.03. The van der Waals surface area contributed by atoms with Gasteiger partial charge in [0.15, 0.2) is 0 Å². The van der Waals surface area contributed by atoms with Crippen molar-refractivity contribution in [2.75, 3.05) is 0 Å². The van der Waals surface area contributed by atoms with Crippen LogP contribution >= 0.6 is 46.8 Å². The van der Waals surface area contributed by atoms with E-state index < -0.39 is 15.2 Å². The summed E-state index contributed by atoms with van der Waals surface area (Å²) < 4.78 is -0.795. The third kappa shape index (κ3) is 2.48. The lowest BCUT2D eigenvalue weighted by atomic mass is 9.95. The van der Waals surface area contributed by atoms with Gasteiger partial charge < -0.3 is 4.90 Å². The third-order valence-corrected chi connectivity index (χ3v) is 4.69. The van der Waals surface area contributed by atoms with E-state index in [1.54, 1.807) is 0 Å². The van der Waals surface area contributed by atoms with Crippen LogP contribution in [0.4, 0.5) is 4.79 Å². The molecule has 0 spiro atoms. The van der Waals surface area contributed by atoms with E-state index in [2.05, 4.69) is 0 Å². The van der Waals surface area contributed by atoms with Crippen molar-refractivity contribution in [1.82, 2.24) is 9.21 Å². The second-order valence-electron chi connectivity index (χ2n) is 4.57. The maximum absolute atomic E-state index is 12.3. The van der Waals surface area contributed by atoms with Gasteiger partial charge in [0, 0.05) is 24.9 Å². The molecule has 2 heterocycles. The van der Waals surface area contributed by atoms with E-state index in [9.17, 15) is 9.59 Å². The van der Waals surface area contributed by atoms with E-state index in [4.69, 9.17) is 34.8 Å². The molecule has 1 aromatic rings. The van der Waals surface area contributed by atoms with Gasteiger partial charge in [0.25, 0.3) is 9.03 Å². The van der Waals surface area contributed by atoms with Crippen LogP contribution in [0.1, 0.15) is 11.1 Å². The largest absolute Gasteiger partial charge is 0.338 e. The van der Waals surface area contributed by atoms with Crippen LogP contribution in [0, 0.1) is 0 Å². The summed E-state index contributed by atoms with van der Waals surface area (Å²) in [6, 6.07) is 6.82. The number of benzene rings is 1. The van der Waals surface area contributed by atoms with Gasteiger partial charge in [-0.25, -0.2) is 4.79 Å². The van der Waals surface area contributed by atoms with Crippen LogP contribution in [0.25, 0.3) is 0 Å². The standard InChI is InChI=1S/C12H9Cl3N2O2S/c13-12(14,15)20-17-10(18)9-5-7-3-1-2-4-8(7)6-16(9)11(17)19/h1-4,9H,5-6H2. The number of hydrogen-bond acceptors (Lipinski definition) is 3. The van der Waals surface area contributed by atoms with Gasteiger partial charge in [0.05, 0.1) is 0 Å². The molecule has 3 amide bonds. The van der Waals surface area contributed by atoms with Gasteiger partial charge in [0.1, 0.15) is 6.04 Å². The Morgan fingerprint density at radius 2 is 1.80 bits per heavy atom. The minimum absolute atomic E-state index is 0.333. The normalized spacial score (nSPS) is 22.1. The van der Waals surface area contributed by atoms with Crippen LogP contribution in [0.15, 0.2) is 24.3 Å². The number of halogens is 3. The molecule has 4 nitrogen and oxygen atoms in total. The van der Waals surface area contributed by atoms with Gasteiger partial charge >= 0.3 is 6.03 Å². The highest BCUT2D eigenvalue weighted by Gasteiger charge is 2.49. The lowest BCUT2D eigenvalue weighted by Gasteiger charge is -2.28. The van der Waals surface area contributed by atoms with Crippen LogP contribution in [0.3, 0.4) is 0 Å². The highest BCUT2D eigenvalue weighted by Crippen LogP contribution is 2.44. The summed E-state index contributed by atoms with van der Waals surface area (Å²) in [6.07, 6.45) is 0.498. The fourth-order valence-corrected chi connectivity index (χ4v) is 3.70. The van der Waals surface area contributed by atoms with E-state index in [1.165, 1.54) is 4.90 Å². The number of carbonyl (C=O) groups is 2. The highest BCUT2D eigenvalue weighted by atomic mass is 35.6. The fourth-order valence-electron chi connectivity index (χ4n) is 2.48. The van der Waals surface area contributed by atoms with Crippen LogP contribution in [0.5, 0.6) is 0 Å². The molecule has 1 fully saturated rings. The molecule has 20 heavy (non-hydrogen) atoms. The quantitative estimate of drug-likeness (QED) is 0.442. The van der Waals surface area contributed by atoms with E-state index in [0.29, 0.717) is 24.9 Å². The molecular weight excluding hydrogens is 343 g/mol. The van der Waals surface area contributed by atoms with Crippen molar-refractivity contribution in [1.29, 1.82) is 0 Å². The van der Waals surface area contributed by atoms with Gasteiger partial charge in [-0.05, 0) is 11.1 Å². The Kier molecular flexibility index (Phi) is 3.57. The fraction of sp³-hybridized carbons (Fsp3) is 0.333. The molecule has 0 saturated carbocycles. The van der Waals surface area contributed by atoms with Crippen LogP contribution in [-0.4, -0.2) is 30.3 Å². The van der Waals surface area contributed by atoms with Crippen molar-refractivity contribution in [3.63, 3.8) is 0 Å². The molecule has 3 rings (SSSR count). The summed E-state index contributed by atoms with van der Waals surface area (Å²) >= 11 is 17.6. The van der Waals surface area contributed by atoms with Gasteiger partial charge in [-0.2, -0.15) is 4.31 Å². The molecule has 1 aromatic carbocycles. The van der Waals surface area contributed by atoms with E-state index in [0.717, 1.165) is 15.4 Å². The molecule has 0 radical (unpaired) electrons. The van der Waals surface area contributed by atoms with Crippen molar-refractivity contribution in [2.24, 2.45) is 0 Å². The second kappa shape index (κ2) is 4.98. The molecule has 8 heteroatoms. The number of nitrogens with zero attached hydrogens (tertiary/aromatic N) is 2. The number of carbonyl (C=O) groups excluding carboxylic acids is 2. The first-order valence-corrected chi connectivity index (χ1v) is 7.75. The number of rotatable bonds is 1. The van der Waals surface area contributed by atoms with Crippen molar-refractivity contribution < 1.29 is 9.59 Å². The van der Waals surface area contributed by atoms with Crippen molar-refractivity contribution in [2.45, 2.75) is 22.1 Å². The van der Waals surface area contributed by atoms with Crippen molar-refractivity contribution in [3.8, 4) is 0 Å². The first-order chi connectivity index (χ1) is 9.37. The van der Waals surface area contributed by atoms with E-state index in [1.807, 2.05) is 24.3 Å². The number of amides is 3. The van der Waals surface area contributed by atoms with Crippen molar-refractivity contribution >= 4 is 58.7 Å². The minimum Gasteiger partial charge on any atom is -0.307 e. The predicted molar refractivity (Wildman–Crippen MR) is 79.6 cm³/mol. The first kappa shape index (κ1) is 14.3. The number of fused-ring (bicyclic) bond motifs is 2. The zero-order valence-electron chi connectivity index (χ0n) is 10.1. The molecule has 0 aromatic heterocycles. The molecule has 0 bridgehead atoms. The molecule has 1 saturated heterocycles. The topological polar surface area (TPSA) is 40.6 Å².